The summed E-state index contributed by atoms with van der Waals surface area (Å²) in [6, 6.07) is 17.8. The summed E-state index contributed by atoms with van der Waals surface area (Å²) in [6.45, 7) is 1.69. The van der Waals surface area contributed by atoms with E-state index in [4.69, 9.17) is 5.73 Å². The van der Waals surface area contributed by atoms with Crippen molar-refractivity contribution in [3.63, 3.8) is 0 Å². The Hall–Kier alpha value is -1.32. The monoisotopic (exact) mass is 330 g/mol. The summed E-state index contributed by atoms with van der Waals surface area (Å²) in [6.07, 6.45) is 2.47. The average Bonchev–Trinajstić information content (AvgIpc) is 2.97. The summed E-state index contributed by atoms with van der Waals surface area (Å²) in [5, 5.41) is 0. The second-order valence-corrected chi connectivity index (χ2v) is 6.10. The van der Waals surface area contributed by atoms with Crippen molar-refractivity contribution in [2.75, 3.05) is 11.4 Å². The number of anilines is 1. The molecule has 0 aromatic heterocycles. The number of rotatable bonds is 3. The molecule has 0 radical (unpaired) electrons. The van der Waals surface area contributed by atoms with Gasteiger partial charge >= 0.3 is 0 Å². The van der Waals surface area contributed by atoms with Gasteiger partial charge in [0, 0.05) is 23.2 Å². The van der Waals surface area contributed by atoms with Gasteiger partial charge in [-0.1, -0.05) is 52.3 Å². The molecule has 2 aromatic carbocycles. The number of hydrogen-bond acceptors (Lipinski definition) is 2. The van der Waals surface area contributed by atoms with Crippen molar-refractivity contribution in [3.8, 4) is 0 Å². The van der Waals surface area contributed by atoms with Crippen LogP contribution < -0.4 is 10.6 Å². The van der Waals surface area contributed by atoms with Crippen LogP contribution in [-0.4, -0.2) is 6.54 Å². The van der Waals surface area contributed by atoms with Gasteiger partial charge < -0.3 is 10.6 Å². The lowest BCUT2D eigenvalue weighted by molar-refractivity contribution is 0.719. The van der Waals surface area contributed by atoms with Crippen molar-refractivity contribution in [1.82, 2.24) is 0 Å². The highest BCUT2D eigenvalue weighted by atomic mass is 79.9. The van der Waals surface area contributed by atoms with E-state index in [1.807, 2.05) is 0 Å². The van der Waals surface area contributed by atoms with Crippen LogP contribution in [-0.2, 0) is 6.54 Å². The maximum absolute atomic E-state index is 5.73. The first kappa shape index (κ1) is 13.7. The van der Waals surface area contributed by atoms with Gasteiger partial charge in [-0.15, -0.1) is 0 Å². The molecule has 2 nitrogen and oxygen atoms in total. The number of hydrogen-bond donors (Lipinski definition) is 1. The SMILES string of the molecule is NCc1ccc(N2CCCC2c2ccccc2)cc1Br. The molecule has 1 unspecified atom stereocenters. The summed E-state index contributed by atoms with van der Waals surface area (Å²) in [5.41, 5.74) is 9.57. The topological polar surface area (TPSA) is 29.3 Å². The molecule has 0 spiro atoms. The minimum atomic E-state index is 0.492. The minimum absolute atomic E-state index is 0.492. The third-order valence-corrected chi connectivity index (χ3v) is 4.76. The van der Waals surface area contributed by atoms with Crippen LogP contribution in [0.3, 0.4) is 0 Å². The quantitative estimate of drug-likeness (QED) is 0.911. The van der Waals surface area contributed by atoms with E-state index < -0.39 is 0 Å². The first-order valence-electron chi connectivity index (χ1n) is 7.09. The number of nitrogens with two attached hydrogens (primary N) is 1. The predicted molar refractivity (Wildman–Crippen MR) is 87.8 cm³/mol. The van der Waals surface area contributed by atoms with Crippen LogP contribution >= 0.6 is 15.9 Å². The molecule has 1 heterocycles. The molecule has 0 saturated carbocycles. The molecule has 1 aliphatic rings. The van der Waals surface area contributed by atoms with E-state index in [1.54, 1.807) is 0 Å². The third-order valence-electron chi connectivity index (χ3n) is 4.03. The third kappa shape index (κ3) is 2.60. The first-order chi connectivity index (χ1) is 9.79. The Morgan fingerprint density at radius 1 is 1.15 bits per heavy atom. The van der Waals surface area contributed by atoms with Crippen molar-refractivity contribution < 1.29 is 0 Å². The van der Waals surface area contributed by atoms with Gasteiger partial charge in [0.05, 0.1) is 6.04 Å². The van der Waals surface area contributed by atoms with Gasteiger partial charge in [0.15, 0.2) is 0 Å². The van der Waals surface area contributed by atoms with E-state index in [9.17, 15) is 0 Å². The van der Waals surface area contributed by atoms with E-state index >= 15 is 0 Å². The lowest BCUT2D eigenvalue weighted by atomic mass is 10.0. The molecule has 0 bridgehead atoms. The Labute approximate surface area is 128 Å². The summed E-state index contributed by atoms with van der Waals surface area (Å²) < 4.78 is 1.11. The van der Waals surface area contributed by atoms with E-state index in [-0.39, 0.29) is 0 Å². The number of halogens is 1. The first-order valence-corrected chi connectivity index (χ1v) is 7.89. The largest absolute Gasteiger partial charge is 0.364 e. The second kappa shape index (κ2) is 5.98. The van der Waals surface area contributed by atoms with E-state index in [1.165, 1.54) is 24.1 Å². The highest BCUT2D eigenvalue weighted by Crippen LogP contribution is 2.37. The molecule has 3 heteroatoms. The summed E-state index contributed by atoms with van der Waals surface area (Å²) in [5.74, 6) is 0. The molecule has 3 rings (SSSR count). The zero-order valence-electron chi connectivity index (χ0n) is 11.4. The fourth-order valence-electron chi connectivity index (χ4n) is 2.98. The van der Waals surface area contributed by atoms with Crippen molar-refractivity contribution >= 4 is 21.6 Å². The van der Waals surface area contributed by atoms with Crippen LogP contribution in [0.5, 0.6) is 0 Å². The lowest BCUT2D eigenvalue weighted by Gasteiger charge is -2.27. The van der Waals surface area contributed by atoms with Crippen LogP contribution in [0.25, 0.3) is 0 Å². The van der Waals surface area contributed by atoms with Gasteiger partial charge in [0.25, 0.3) is 0 Å². The Morgan fingerprint density at radius 3 is 2.65 bits per heavy atom. The number of benzene rings is 2. The van der Waals surface area contributed by atoms with Gasteiger partial charge in [-0.05, 0) is 36.1 Å². The highest BCUT2D eigenvalue weighted by molar-refractivity contribution is 9.10. The molecule has 20 heavy (non-hydrogen) atoms. The zero-order valence-corrected chi connectivity index (χ0v) is 13.0. The molecule has 104 valence electrons. The summed E-state index contributed by atoms with van der Waals surface area (Å²) in [4.78, 5) is 2.50. The summed E-state index contributed by atoms with van der Waals surface area (Å²) >= 11 is 3.62. The van der Waals surface area contributed by atoms with Crippen LogP contribution in [0.2, 0.25) is 0 Å². The van der Waals surface area contributed by atoms with Crippen molar-refractivity contribution in [3.05, 3.63) is 64.1 Å². The van der Waals surface area contributed by atoms with E-state index in [0.29, 0.717) is 12.6 Å². The summed E-state index contributed by atoms with van der Waals surface area (Å²) in [7, 11) is 0. The van der Waals surface area contributed by atoms with Crippen LogP contribution in [0.4, 0.5) is 5.69 Å². The minimum Gasteiger partial charge on any atom is -0.364 e. The Kier molecular flexibility index (Phi) is 4.08. The maximum atomic E-state index is 5.73. The molecule has 1 aliphatic heterocycles. The van der Waals surface area contributed by atoms with Crippen molar-refractivity contribution in [2.45, 2.75) is 25.4 Å². The molecular formula is C17H19BrN2. The Morgan fingerprint density at radius 2 is 1.95 bits per heavy atom. The normalized spacial score (nSPS) is 18.5. The Bertz CT molecular complexity index is 583. The second-order valence-electron chi connectivity index (χ2n) is 5.24. The fourth-order valence-corrected chi connectivity index (χ4v) is 3.51. The molecule has 1 fully saturated rings. The smallest absolute Gasteiger partial charge is 0.0543 e. The maximum Gasteiger partial charge on any atom is 0.0543 e. The van der Waals surface area contributed by atoms with E-state index in [2.05, 4.69) is 69.4 Å². The molecule has 0 amide bonds. The fraction of sp³-hybridized carbons (Fsp3) is 0.294. The van der Waals surface area contributed by atoms with Crippen LogP contribution in [0.15, 0.2) is 53.0 Å². The number of nitrogens with zero attached hydrogens (tertiary/aromatic N) is 1. The molecule has 2 N–H and O–H groups in total. The Balaban J connectivity index is 1.91. The van der Waals surface area contributed by atoms with Crippen LogP contribution in [0, 0.1) is 0 Å². The molecule has 1 saturated heterocycles. The van der Waals surface area contributed by atoms with Gasteiger partial charge in [0.1, 0.15) is 0 Å². The van der Waals surface area contributed by atoms with Gasteiger partial charge in [-0.25, -0.2) is 0 Å². The lowest BCUT2D eigenvalue weighted by Crippen LogP contribution is -2.22. The molecule has 0 aliphatic carbocycles. The van der Waals surface area contributed by atoms with E-state index in [0.717, 1.165) is 16.6 Å². The van der Waals surface area contributed by atoms with Gasteiger partial charge in [-0.2, -0.15) is 0 Å². The molecule has 2 aromatic rings. The molecular weight excluding hydrogens is 312 g/mol. The standard InChI is InChI=1S/C17H19BrN2/c18-16-11-15(9-8-14(16)12-19)20-10-4-7-17(20)13-5-2-1-3-6-13/h1-3,5-6,8-9,11,17H,4,7,10,12,19H2. The van der Waals surface area contributed by atoms with Gasteiger partial charge in [0.2, 0.25) is 0 Å². The van der Waals surface area contributed by atoms with Crippen LogP contribution in [0.1, 0.15) is 30.0 Å². The highest BCUT2D eigenvalue weighted by Gasteiger charge is 2.26. The molecule has 1 atom stereocenters. The van der Waals surface area contributed by atoms with Crippen molar-refractivity contribution in [1.29, 1.82) is 0 Å². The zero-order chi connectivity index (χ0) is 13.9. The predicted octanol–water partition coefficient (Wildman–Crippen LogP) is 4.25. The van der Waals surface area contributed by atoms with Gasteiger partial charge in [-0.3, -0.25) is 0 Å². The van der Waals surface area contributed by atoms with Crippen molar-refractivity contribution in [2.24, 2.45) is 5.73 Å². The average molecular weight is 331 g/mol.